The number of hydrogen-bond donors (Lipinski definition) is 1. The van der Waals surface area contributed by atoms with Crippen LogP contribution in [-0.2, 0) is 0 Å². The Bertz CT molecular complexity index is 507. The van der Waals surface area contributed by atoms with E-state index in [0.717, 1.165) is 11.3 Å². The lowest BCUT2D eigenvalue weighted by atomic mass is 10.2. The second kappa shape index (κ2) is 4.73. The number of aryl methyl sites for hydroxylation is 1. The molecule has 2 rings (SSSR count). The third-order valence-corrected chi connectivity index (χ3v) is 2.18. The van der Waals surface area contributed by atoms with Gasteiger partial charge in [0.1, 0.15) is 0 Å². The Labute approximate surface area is 99.1 Å². The summed E-state index contributed by atoms with van der Waals surface area (Å²) in [5, 5.41) is 2.87. The molecule has 0 unspecified atom stereocenters. The van der Waals surface area contributed by atoms with E-state index in [1.165, 1.54) is 7.11 Å². The van der Waals surface area contributed by atoms with Gasteiger partial charge >= 0.3 is 6.01 Å². The number of aromatic nitrogens is 4. The zero-order chi connectivity index (χ0) is 12.3. The Balaban J connectivity index is 2.50. The van der Waals surface area contributed by atoms with Gasteiger partial charge in [-0.25, -0.2) is 0 Å². The lowest BCUT2D eigenvalue weighted by Crippen LogP contribution is -2.03. The highest BCUT2D eigenvalue weighted by Crippen LogP contribution is 2.18. The van der Waals surface area contributed by atoms with E-state index in [-0.39, 0.29) is 6.01 Å². The van der Waals surface area contributed by atoms with Gasteiger partial charge in [-0.15, -0.1) is 0 Å². The van der Waals surface area contributed by atoms with Gasteiger partial charge in [0, 0.05) is 24.5 Å². The monoisotopic (exact) mass is 231 g/mol. The maximum atomic E-state index is 5.03. The van der Waals surface area contributed by atoms with E-state index in [2.05, 4.69) is 25.3 Å². The van der Waals surface area contributed by atoms with E-state index in [0.29, 0.717) is 11.8 Å². The van der Waals surface area contributed by atoms with Gasteiger partial charge < -0.3 is 10.1 Å². The molecule has 0 spiro atoms. The molecule has 0 saturated carbocycles. The fraction of sp³-hybridized carbons (Fsp3) is 0.273. The highest BCUT2D eigenvalue weighted by Gasteiger charge is 2.08. The van der Waals surface area contributed by atoms with Crippen molar-refractivity contribution in [3.63, 3.8) is 0 Å². The van der Waals surface area contributed by atoms with Crippen molar-refractivity contribution in [3.8, 4) is 17.4 Å². The summed E-state index contributed by atoms with van der Waals surface area (Å²) in [4.78, 5) is 16.6. The first-order valence-corrected chi connectivity index (χ1v) is 5.14. The molecule has 0 aromatic carbocycles. The zero-order valence-corrected chi connectivity index (χ0v) is 9.93. The molecule has 17 heavy (non-hydrogen) atoms. The average molecular weight is 231 g/mol. The molecule has 0 amide bonds. The molecule has 2 aromatic rings. The standard InChI is InChI=1S/C11H13N5O/c1-7-6-8(4-5-13-7)9-14-10(12-2)16-11(15-9)17-3/h4-6H,1-3H3,(H,12,14,15,16). The van der Waals surface area contributed by atoms with E-state index in [1.807, 2.05) is 19.1 Å². The maximum absolute atomic E-state index is 5.03. The number of anilines is 1. The van der Waals surface area contributed by atoms with Crippen LogP contribution in [0.5, 0.6) is 6.01 Å². The summed E-state index contributed by atoms with van der Waals surface area (Å²) >= 11 is 0. The molecule has 0 aliphatic heterocycles. The van der Waals surface area contributed by atoms with Gasteiger partial charge in [0.2, 0.25) is 5.95 Å². The van der Waals surface area contributed by atoms with Crippen molar-refractivity contribution in [2.24, 2.45) is 0 Å². The smallest absolute Gasteiger partial charge is 0.321 e. The Hall–Kier alpha value is -2.24. The van der Waals surface area contributed by atoms with Crippen LogP contribution in [-0.4, -0.2) is 34.1 Å². The lowest BCUT2D eigenvalue weighted by molar-refractivity contribution is 0.379. The van der Waals surface area contributed by atoms with E-state index in [9.17, 15) is 0 Å². The molecule has 0 radical (unpaired) electrons. The van der Waals surface area contributed by atoms with Crippen molar-refractivity contribution >= 4 is 5.95 Å². The summed E-state index contributed by atoms with van der Waals surface area (Å²) in [6, 6.07) is 4.05. The molecular weight excluding hydrogens is 218 g/mol. The molecule has 88 valence electrons. The van der Waals surface area contributed by atoms with Crippen molar-refractivity contribution < 1.29 is 4.74 Å². The minimum Gasteiger partial charge on any atom is -0.467 e. The van der Waals surface area contributed by atoms with Crippen LogP contribution in [0.1, 0.15) is 5.69 Å². The molecule has 0 aliphatic carbocycles. The van der Waals surface area contributed by atoms with Gasteiger partial charge in [-0.1, -0.05) is 0 Å². The van der Waals surface area contributed by atoms with Gasteiger partial charge in [0.05, 0.1) is 7.11 Å². The van der Waals surface area contributed by atoms with Gasteiger partial charge in [0.25, 0.3) is 0 Å². The third-order valence-electron chi connectivity index (χ3n) is 2.18. The fourth-order valence-corrected chi connectivity index (χ4v) is 1.37. The van der Waals surface area contributed by atoms with Crippen molar-refractivity contribution in [3.05, 3.63) is 24.0 Å². The predicted molar refractivity (Wildman–Crippen MR) is 63.9 cm³/mol. The Kier molecular flexibility index (Phi) is 3.13. The summed E-state index contributed by atoms with van der Waals surface area (Å²) < 4.78 is 5.03. The molecule has 0 atom stereocenters. The highest BCUT2D eigenvalue weighted by molar-refractivity contribution is 5.56. The van der Waals surface area contributed by atoms with Crippen LogP contribution in [0.25, 0.3) is 11.4 Å². The van der Waals surface area contributed by atoms with E-state index < -0.39 is 0 Å². The fourth-order valence-electron chi connectivity index (χ4n) is 1.37. The number of ether oxygens (including phenoxy) is 1. The van der Waals surface area contributed by atoms with Crippen LogP contribution in [0.15, 0.2) is 18.3 Å². The lowest BCUT2D eigenvalue weighted by Gasteiger charge is -2.05. The normalized spacial score (nSPS) is 10.1. The summed E-state index contributed by atoms with van der Waals surface area (Å²) in [7, 11) is 3.27. The minimum atomic E-state index is 0.286. The Morgan fingerprint density at radius 3 is 2.71 bits per heavy atom. The molecule has 0 bridgehead atoms. The van der Waals surface area contributed by atoms with Crippen LogP contribution >= 0.6 is 0 Å². The SMILES string of the molecule is CNc1nc(OC)nc(-c2ccnc(C)c2)n1. The zero-order valence-electron chi connectivity index (χ0n) is 9.93. The van der Waals surface area contributed by atoms with Crippen LogP contribution in [0.4, 0.5) is 5.95 Å². The number of methoxy groups -OCH3 is 1. The largest absolute Gasteiger partial charge is 0.467 e. The minimum absolute atomic E-state index is 0.286. The molecule has 0 aliphatic rings. The first-order chi connectivity index (χ1) is 8.22. The first-order valence-electron chi connectivity index (χ1n) is 5.14. The first kappa shape index (κ1) is 11.3. The van der Waals surface area contributed by atoms with E-state index in [1.54, 1.807) is 13.2 Å². The Morgan fingerprint density at radius 2 is 2.06 bits per heavy atom. The van der Waals surface area contributed by atoms with Crippen molar-refractivity contribution in [1.82, 2.24) is 19.9 Å². The summed E-state index contributed by atoms with van der Waals surface area (Å²) in [5.41, 5.74) is 1.79. The molecule has 2 heterocycles. The number of hydrogen-bond acceptors (Lipinski definition) is 6. The van der Waals surface area contributed by atoms with Crippen LogP contribution in [0, 0.1) is 6.92 Å². The molecular formula is C11H13N5O. The molecule has 2 aromatic heterocycles. The second-order valence-electron chi connectivity index (χ2n) is 3.41. The number of nitrogens with zero attached hydrogens (tertiary/aromatic N) is 4. The van der Waals surface area contributed by atoms with Gasteiger partial charge in [-0.3, -0.25) is 4.98 Å². The molecule has 6 nitrogen and oxygen atoms in total. The van der Waals surface area contributed by atoms with Crippen LogP contribution in [0.3, 0.4) is 0 Å². The van der Waals surface area contributed by atoms with Crippen molar-refractivity contribution in [1.29, 1.82) is 0 Å². The number of nitrogens with one attached hydrogen (secondary N) is 1. The van der Waals surface area contributed by atoms with Crippen molar-refractivity contribution in [2.75, 3.05) is 19.5 Å². The Morgan fingerprint density at radius 1 is 1.24 bits per heavy atom. The van der Waals surface area contributed by atoms with Gasteiger partial charge in [-0.05, 0) is 19.1 Å². The quantitative estimate of drug-likeness (QED) is 0.858. The second-order valence-corrected chi connectivity index (χ2v) is 3.41. The van der Waals surface area contributed by atoms with Gasteiger partial charge in [0.15, 0.2) is 5.82 Å². The molecule has 0 saturated heterocycles. The third kappa shape index (κ3) is 2.47. The molecule has 6 heteroatoms. The van der Waals surface area contributed by atoms with Crippen LogP contribution < -0.4 is 10.1 Å². The summed E-state index contributed by atoms with van der Waals surface area (Å²) in [5.74, 6) is 1.04. The molecule has 0 fully saturated rings. The highest BCUT2D eigenvalue weighted by atomic mass is 16.5. The number of rotatable bonds is 3. The topological polar surface area (TPSA) is 72.8 Å². The van der Waals surface area contributed by atoms with Crippen LogP contribution in [0.2, 0.25) is 0 Å². The number of pyridine rings is 1. The average Bonchev–Trinajstić information content (AvgIpc) is 2.38. The summed E-state index contributed by atoms with van der Waals surface area (Å²) in [6.07, 6.45) is 1.72. The van der Waals surface area contributed by atoms with E-state index >= 15 is 0 Å². The maximum Gasteiger partial charge on any atom is 0.321 e. The predicted octanol–water partition coefficient (Wildman–Crippen LogP) is 1.29. The van der Waals surface area contributed by atoms with Crippen molar-refractivity contribution in [2.45, 2.75) is 6.92 Å². The van der Waals surface area contributed by atoms with E-state index in [4.69, 9.17) is 4.74 Å². The summed E-state index contributed by atoms with van der Waals surface area (Å²) in [6.45, 7) is 1.92. The molecule has 1 N–H and O–H groups in total. The van der Waals surface area contributed by atoms with Gasteiger partial charge in [-0.2, -0.15) is 15.0 Å².